The molecule has 0 atom stereocenters. The maximum atomic E-state index is 12.0. The van der Waals surface area contributed by atoms with Gasteiger partial charge in [-0.05, 0) is 38.5 Å². The van der Waals surface area contributed by atoms with Crippen LogP contribution in [0.25, 0.3) is 0 Å². The fourth-order valence-corrected chi connectivity index (χ4v) is 2.73. The van der Waals surface area contributed by atoms with Crippen molar-refractivity contribution in [2.24, 2.45) is 10.9 Å². The lowest BCUT2D eigenvalue weighted by molar-refractivity contribution is -0.130. The summed E-state index contributed by atoms with van der Waals surface area (Å²) in [5.74, 6) is 1.82. The van der Waals surface area contributed by atoms with Crippen LogP contribution in [0.1, 0.15) is 59.3 Å². The molecule has 0 unspecified atom stereocenters. The van der Waals surface area contributed by atoms with Gasteiger partial charge in [-0.2, -0.15) is 0 Å². The average molecular weight is 482 g/mol. The highest BCUT2D eigenvalue weighted by atomic mass is 127. The first-order valence-corrected chi connectivity index (χ1v) is 10.0. The van der Waals surface area contributed by atoms with Crippen LogP contribution in [0.15, 0.2) is 4.99 Å². The maximum absolute atomic E-state index is 12.0. The molecule has 7 heteroatoms. The third-order valence-corrected chi connectivity index (χ3v) is 4.25. The first-order valence-electron chi connectivity index (χ1n) is 10.0. The molecule has 0 aromatic rings. The van der Waals surface area contributed by atoms with Gasteiger partial charge in [-0.15, -0.1) is 24.0 Å². The number of likely N-dealkylation sites (tertiary alicyclic amines) is 1. The summed E-state index contributed by atoms with van der Waals surface area (Å²) in [6.45, 7) is 12.0. The van der Waals surface area contributed by atoms with Crippen LogP contribution in [0.2, 0.25) is 0 Å². The number of hydrogen-bond acceptors (Lipinski definition) is 3. The molecule has 0 spiro atoms. The van der Waals surface area contributed by atoms with Crippen LogP contribution >= 0.6 is 24.0 Å². The van der Waals surface area contributed by atoms with Crippen LogP contribution in [0.4, 0.5) is 0 Å². The van der Waals surface area contributed by atoms with Crippen molar-refractivity contribution in [2.45, 2.75) is 59.3 Å². The summed E-state index contributed by atoms with van der Waals surface area (Å²) in [6, 6.07) is 0. The van der Waals surface area contributed by atoms with Gasteiger partial charge in [0.25, 0.3) is 0 Å². The molecule has 0 aromatic carbocycles. The van der Waals surface area contributed by atoms with Gasteiger partial charge in [0.1, 0.15) is 0 Å². The molecule has 0 bridgehead atoms. The number of hydrogen-bond donors (Lipinski definition) is 2. The predicted octanol–water partition coefficient (Wildman–Crippen LogP) is 3.01. The molecule has 1 saturated heterocycles. The summed E-state index contributed by atoms with van der Waals surface area (Å²) >= 11 is 0. The predicted molar refractivity (Wildman–Crippen MR) is 119 cm³/mol. The molecule has 26 heavy (non-hydrogen) atoms. The molecular formula is C19H39IN4O2. The molecule has 1 aliphatic heterocycles. The van der Waals surface area contributed by atoms with E-state index >= 15 is 0 Å². The van der Waals surface area contributed by atoms with Crippen LogP contribution in [-0.4, -0.2) is 62.7 Å². The van der Waals surface area contributed by atoms with E-state index in [1.807, 2.05) is 4.90 Å². The highest BCUT2D eigenvalue weighted by Crippen LogP contribution is 2.11. The molecule has 1 fully saturated rings. The van der Waals surface area contributed by atoms with Crippen molar-refractivity contribution in [2.75, 3.05) is 45.9 Å². The molecule has 0 aliphatic carbocycles. The van der Waals surface area contributed by atoms with E-state index < -0.39 is 0 Å². The Kier molecular flexibility index (Phi) is 16.2. The second-order valence-electron chi connectivity index (χ2n) is 7.03. The number of nitrogens with one attached hydrogen (secondary N) is 2. The molecule has 2 N–H and O–H groups in total. The van der Waals surface area contributed by atoms with Gasteiger partial charge >= 0.3 is 0 Å². The Morgan fingerprint density at radius 1 is 1.23 bits per heavy atom. The van der Waals surface area contributed by atoms with Crippen molar-refractivity contribution in [3.8, 4) is 0 Å². The zero-order valence-corrected chi connectivity index (χ0v) is 19.2. The molecule has 1 heterocycles. The van der Waals surface area contributed by atoms with Crippen LogP contribution < -0.4 is 10.6 Å². The maximum Gasteiger partial charge on any atom is 0.222 e. The lowest BCUT2D eigenvalue weighted by Crippen LogP contribution is -2.39. The third kappa shape index (κ3) is 12.7. The van der Waals surface area contributed by atoms with Gasteiger partial charge < -0.3 is 20.3 Å². The molecule has 0 aromatic heterocycles. The van der Waals surface area contributed by atoms with Gasteiger partial charge in [0.2, 0.25) is 5.91 Å². The first kappa shape index (κ1) is 25.4. The number of halogens is 1. The van der Waals surface area contributed by atoms with E-state index in [2.05, 4.69) is 36.4 Å². The number of carbonyl (C=O) groups is 1. The summed E-state index contributed by atoms with van der Waals surface area (Å²) in [5, 5.41) is 6.55. The largest absolute Gasteiger partial charge is 0.380 e. The van der Waals surface area contributed by atoms with E-state index in [0.29, 0.717) is 24.9 Å². The Morgan fingerprint density at radius 3 is 2.77 bits per heavy atom. The Labute approximate surface area is 176 Å². The minimum absolute atomic E-state index is 0. The first-order chi connectivity index (χ1) is 12.1. The average Bonchev–Trinajstić information content (AvgIpc) is 2.78. The van der Waals surface area contributed by atoms with Crippen LogP contribution in [0.3, 0.4) is 0 Å². The summed E-state index contributed by atoms with van der Waals surface area (Å²) in [6.07, 6.45) is 6.08. The van der Waals surface area contributed by atoms with E-state index in [1.54, 1.807) is 0 Å². The second kappa shape index (κ2) is 16.6. The van der Waals surface area contributed by atoms with Crippen molar-refractivity contribution >= 4 is 35.8 Å². The van der Waals surface area contributed by atoms with Crippen molar-refractivity contribution in [3.05, 3.63) is 0 Å². The van der Waals surface area contributed by atoms with Gasteiger partial charge in [-0.25, -0.2) is 0 Å². The molecule has 0 saturated carbocycles. The zero-order valence-electron chi connectivity index (χ0n) is 16.9. The fraction of sp³-hybridized carbons (Fsp3) is 0.895. The van der Waals surface area contributed by atoms with E-state index in [-0.39, 0.29) is 24.0 Å². The summed E-state index contributed by atoms with van der Waals surface area (Å²) in [5.41, 5.74) is 0. The lowest BCUT2D eigenvalue weighted by atomic mass is 10.1. The number of amides is 1. The Hall–Kier alpha value is -0.570. The number of carbonyl (C=O) groups excluding carboxylic acids is 1. The van der Waals surface area contributed by atoms with E-state index in [1.165, 1.54) is 6.42 Å². The number of nitrogens with zero attached hydrogens (tertiary/aromatic N) is 2. The zero-order chi connectivity index (χ0) is 18.3. The van der Waals surface area contributed by atoms with Crippen molar-refractivity contribution in [3.63, 3.8) is 0 Å². The Bertz CT molecular complexity index is 392. The van der Waals surface area contributed by atoms with Gasteiger partial charge in [0, 0.05) is 45.8 Å². The molecule has 154 valence electrons. The van der Waals surface area contributed by atoms with Crippen molar-refractivity contribution in [1.82, 2.24) is 15.5 Å². The molecule has 1 rings (SSSR count). The number of ether oxygens (including phenoxy) is 1. The topological polar surface area (TPSA) is 66.0 Å². The van der Waals surface area contributed by atoms with Crippen LogP contribution in [0, 0.1) is 5.92 Å². The second-order valence-corrected chi connectivity index (χ2v) is 7.03. The van der Waals surface area contributed by atoms with Crippen LogP contribution in [0.5, 0.6) is 0 Å². The van der Waals surface area contributed by atoms with Gasteiger partial charge in [0.15, 0.2) is 5.96 Å². The lowest BCUT2D eigenvalue weighted by Gasteiger charge is -2.20. The number of guanidine groups is 1. The van der Waals surface area contributed by atoms with Gasteiger partial charge in [-0.3, -0.25) is 9.79 Å². The molecule has 6 nitrogen and oxygen atoms in total. The number of rotatable bonds is 11. The SMILES string of the molecule is CCNC(=NCCCN1CCCCCC1=O)NCCOCCC(C)C.I. The van der Waals surface area contributed by atoms with Crippen LogP contribution in [-0.2, 0) is 9.53 Å². The number of aliphatic imine (C=N–C) groups is 1. The van der Waals surface area contributed by atoms with Gasteiger partial charge in [0.05, 0.1) is 6.61 Å². The van der Waals surface area contributed by atoms with Crippen molar-refractivity contribution in [1.29, 1.82) is 0 Å². The summed E-state index contributed by atoms with van der Waals surface area (Å²) < 4.78 is 5.61. The summed E-state index contributed by atoms with van der Waals surface area (Å²) in [7, 11) is 0. The van der Waals surface area contributed by atoms with E-state index in [4.69, 9.17) is 4.74 Å². The standard InChI is InChI=1S/C19H38N4O2.HI/c1-4-20-19(22-12-16-25-15-10-17(2)3)21-11-8-14-23-13-7-5-6-9-18(23)24;/h17H,4-16H2,1-3H3,(H2,20,21,22);1H. The normalized spacial score (nSPS) is 15.6. The summed E-state index contributed by atoms with van der Waals surface area (Å²) in [4.78, 5) is 18.6. The quantitative estimate of drug-likeness (QED) is 0.206. The van der Waals surface area contributed by atoms with E-state index in [9.17, 15) is 4.79 Å². The minimum Gasteiger partial charge on any atom is -0.380 e. The minimum atomic E-state index is 0. The molecular weight excluding hydrogens is 443 g/mol. The third-order valence-electron chi connectivity index (χ3n) is 4.25. The smallest absolute Gasteiger partial charge is 0.222 e. The Morgan fingerprint density at radius 2 is 2.04 bits per heavy atom. The highest BCUT2D eigenvalue weighted by molar-refractivity contribution is 14.0. The molecule has 0 radical (unpaired) electrons. The molecule has 1 amide bonds. The molecule has 1 aliphatic rings. The Balaban J connectivity index is 0.00000625. The van der Waals surface area contributed by atoms with Crippen molar-refractivity contribution < 1.29 is 9.53 Å². The highest BCUT2D eigenvalue weighted by Gasteiger charge is 2.15. The van der Waals surface area contributed by atoms with Gasteiger partial charge in [-0.1, -0.05) is 20.3 Å². The van der Waals surface area contributed by atoms with E-state index in [0.717, 1.165) is 71.0 Å². The monoisotopic (exact) mass is 482 g/mol. The fourth-order valence-electron chi connectivity index (χ4n) is 2.73.